The van der Waals surface area contributed by atoms with E-state index < -0.39 is 0 Å². The maximum absolute atomic E-state index is 13.3. The van der Waals surface area contributed by atoms with E-state index in [4.69, 9.17) is 9.47 Å². The van der Waals surface area contributed by atoms with Gasteiger partial charge in [-0.2, -0.15) is 0 Å². The first-order valence-electron chi connectivity index (χ1n) is 4.55. The van der Waals surface area contributed by atoms with Gasteiger partial charge in [-0.1, -0.05) is 18.2 Å². The number of hydrogen-bond acceptors (Lipinski definition) is 2. The van der Waals surface area contributed by atoms with Crippen LogP contribution >= 0.6 is 0 Å². The molecule has 1 aromatic rings. The van der Waals surface area contributed by atoms with E-state index in [1.807, 2.05) is 0 Å². The van der Waals surface area contributed by atoms with Crippen molar-refractivity contribution in [2.24, 2.45) is 0 Å². The molecule has 1 rings (SSSR count). The van der Waals surface area contributed by atoms with Crippen LogP contribution in [0.3, 0.4) is 0 Å². The third-order valence-electron chi connectivity index (χ3n) is 2.12. The molecule has 0 aliphatic rings. The summed E-state index contributed by atoms with van der Waals surface area (Å²) in [5.74, 6) is -0.226. The highest BCUT2D eigenvalue weighted by molar-refractivity contribution is 5.19. The van der Waals surface area contributed by atoms with Crippen LogP contribution in [0, 0.1) is 5.82 Å². The van der Waals surface area contributed by atoms with E-state index in [2.05, 4.69) is 0 Å². The summed E-state index contributed by atoms with van der Waals surface area (Å²) in [5.41, 5.74) is 0.590. The highest BCUT2D eigenvalue weighted by atomic mass is 19.1. The van der Waals surface area contributed by atoms with Gasteiger partial charge in [0.2, 0.25) is 0 Å². The molecule has 3 heteroatoms. The molecule has 2 nitrogen and oxygen atoms in total. The molecule has 78 valence electrons. The van der Waals surface area contributed by atoms with Gasteiger partial charge in [-0.3, -0.25) is 0 Å². The van der Waals surface area contributed by atoms with Gasteiger partial charge >= 0.3 is 0 Å². The van der Waals surface area contributed by atoms with Gasteiger partial charge in [0.25, 0.3) is 0 Å². The van der Waals surface area contributed by atoms with Gasteiger partial charge in [-0.15, -0.1) is 0 Å². The van der Waals surface area contributed by atoms with Gasteiger partial charge in [0.1, 0.15) is 5.82 Å². The average Bonchev–Trinajstić information content (AvgIpc) is 2.21. The molecule has 1 aromatic carbocycles. The van der Waals surface area contributed by atoms with E-state index in [0.29, 0.717) is 18.6 Å². The summed E-state index contributed by atoms with van der Waals surface area (Å²) in [5, 5.41) is 0. The first-order chi connectivity index (χ1) is 6.79. The summed E-state index contributed by atoms with van der Waals surface area (Å²) >= 11 is 0. The zero-order valence-corrected chi connectivity index (χ0v) is 8.50. The van der Waals surface area contributed by atoms with Crippen molar-refractivity contribution >= 4 is 0 Å². The third-order valence-corrected chi connectivity index (χ3v) is 2.12. The minimum atomic E-state index is -0.226. The molecule has 0 saturated carbocycles. The smallest absolute Gasteiger partial charge is 0.129 e. The van der Waals surface area contributed by atoms with Crippen molar-refractivity contribution < 1.29 is 13.9 Å². The number of halogens is 1. The van der Waals surface area contributed by atoms with Crippen molar-refractivity contribution in [3.8, 4) is 0 Å². The highest BCUT2D eigenvalue weighted by Gasteiger charge is 2.13. The van der Waals surface area contributed by atoms with Crippen molar-refractivity contribution in [3.63, 3.8) is 0 Å². The monoisotopic (exact) mass is 198 g/mol. The lowest BCUT2D eigenvalue weighted by molar-refractivity contribution is 0.0638. The van der Waals surface area contributed by atoms with E-state index in [9.17, 15) is 4.39 Å². The third kappa shape index (κ3) is 2.79. The second-order valence-corrected chi connectivity index (χ2v) is 3.03. The minimum absolute atomic E-state index is 0.226. The molecule has 0 N–H and O–H groups in total. The quantitative estimate of drug-likeness (QED) is 0.723. The molecule has 0 heterocycles. The Balaban J connectivity index is 2.73. The molecule has 0 amide bonds. The topological polar surface area (TPSA) is 18.5 Å². The molecule has 1 atom stereocenters. The average molecular weight is 198 g/mol. The Kier molecular flexibility index (Phi) is 4.56. The van der Waals surface area contributed by atoms with Crippen LogP contribution in [0.25, 0.3) is 0 Å². The van der Waals surface area contributed by atoms with Gasteiger partial charge in [-0.25, -0.2) is 4.39 Å². The Morgan fingerprint density at radius 3 is 2.57 bits per heavy atom. The van der Waals surface area contributed by atoms with Crippen LogP contribution in [0.1, 0.15) is 18.1 Å². The summed E-state index contributed by atoms with van der Waals surface area (Å²) in [6.07, 6.45) is 0.435. The zero-order valence-electron chi connectivity index (χ0n) is 8.50. The van der Waals surface area contributed by atoms with E-state index in [1.165, 1.54) is 6.07 Å². The molecule has 0 bridgehead atoms. The maximum Gasteiger partial charge on any atom is 0.129 e. The van der Waals surface area contributed by atoms with Crippen LogP contribution in [0.15, 0.2) is 24.3 Å². The summed E-state index contributed by atoms with van der Waals surface area (Å²) in [7, 11) is 3.20. The van der Waals surface area contributed by atoms with Crippen molar-refractivity contribution in [2.75, 3.05) is 20.8 Å². The van der Waals surface area contributed by atoms with Gasteiger partial charge in [0.15, 0.2) is 0 Å². The molecular weight excluding hydrogens is 183 g/mol. The van der Waals surface area contributed by atoms with Crippen molar-refractivity contribution in [2.45, 2.75) is 12.5 Å². The predicted molar refractivity (Wildman–Crippen MR) is 52.6 cm³/mol. The predicted octanol–water partition coefficient (Wildman–Crippen LogP) is 2.55. The van der Waals surface area contributed by atoms with Crippen molar-refractivity contribution in [3.05, 3.63) is 35.6 Å². The van der Waals surface area contributed by atoms with E-state index >= 15 is 0 Å². The van der Waals surface area contributed by atoms with Crippen LogP contribution in [-0.2, 0) is 9.47 Å². The van der Waals surface area contributed by atoms with Crippen molar-refractivity contribution in [1.29, 1.82) is 0 Å². The number of benzene rings is 1. The van der Waals surface area contributed by atoms with Gasteiger partial charge in [0.05, 0.1) is 6.10 Å². The highest BCUT2D eigenvalue weighted by Crippen LogP contribution is 2.22. The van der Waals surface area contributed by atoms with Crippen LogP contribution in [0.2, 0.25) is 0 Å². The number of ether oxygens (including phenoxy) is 2. The van der Waals surface area contributed by atoms with Crippen LogP contribution < -0.4 is 0 Å². The van der Waals surface area contributed by atoms with Gasteiger partial charge < -0.3 is 9.47 Å². The minimum Gasteiger partial charge on any atom is -0.385 e. The second kappa shape index (κ2) is 5.73. The Morgan fingerprint density at radius 1 is 1.29 bits per heavy atom. The van der Waals surface area contributed by atoms with Crippen molar-refractivity contribution in [1.82, 2.24) is 0 Å². The molecular formula is C11H15FO2. The summed E-state index contributed by atoms with van der Waals surface area (Å²) in [6, 6.07) is 6.65. The second-order valence-electron chi connectivity index (χ2n) is 3.03. The molecule has 0 fully saturated rings. The lowest BCUT2D eigenvalue weighted by Crippen LogP contribution is -2.06. The summed E-state index contributed by atoms with van der Waals surface area (Å²) in [6.45, 7) is 0.562. The van der Waals surface area contributed by atoms with Gasteiger partial charge in [-0.05, 0) is 6.07 Å². The molecule has 1 unspecified atom stereocenters. The first kappa shape index (κ1) is 11.1. The SMILES string of the molecule is COCCC(OC)c1ccccc1F. The van der Waals surface area contributed by atoms with E-state index in [1.54, 1.807) is 32.4 Å². The molecule has 0 radical (unpaired) electrons. The molecule has 0 saturated heterocycles. The van der Waals surface area contributed by atoms with Crippen LogP contribution in [0.5, 0.6) is 0 Å². The Bertz CT molecular complexity index is 276. The molecule has 0 spiro atoms. The molecule has 0 aliphatic heterocycles. The maximum atomic E-state index is 13.3. The van der Waals surface area contributed by atoms with E-state index in [0.717, 1.165) is 0 Å². The van der Waals surface area contributed by atoms with Crippen LogP contribution in [-0.4, -0.2) is 20.8 Å². The fourth-order valence-electron chi connectivity index (χ4n) is 1.36. The number of methoxy groups -OCH3 is 2. The standard InChI is InChI=1S/C11H15FO2/c1-13-8-7-11(14-2)9-5-3-4-6-10(9)12/h3-6,11H,7-8H2,1-2H3. The lowest BCUT2D eigenvalue weighted by Gasteiger charge is -2.15. The fourth-order valence-corrected chi connectivity index (χ4v) is 1.36. The normalized spacial score (nSPS) is 12.8. The fraction of sp³-hybridized carbons (Fsp3) is 0.455. The summed E-state index contributed by atoms with van der Waals surface area (Å²) in [4.78, 5) is 0. The Labute approximate surface area is 83.6 Å². The van der Waals surface area contributed by atoms with Crippen LogP contribution in [0.4, 0.5) is 4.39 Å². The number of hydrogen-bond donors (Lipinski definition) is 0. The Morgan fingerprint density at radius 2 is 2.00 bits per heavy atom. The molecule has 14 heavy (non-hydrogen) atoms. The largest absolute Gasteiger partial charge is 0.385 e. The first-order valence-corrected chi connectivity index (χ1v) is 4.55. The number of rotatable bonds is 5. The summed E-state index contributed by atoms with van der Waals surface area (Å²) < 4.78 is 23.5. The van der Waals surface area contributed by atoms with Gasteiger partial charge in [0, 0.05) is 32.8 Å². The molecule has 0 aromatic heterocycles. The Hall–Kier alpha value is -0.930. The zero-order chi connectivity index (χ0) is 10.4. The van der Waals surface area contributed by atoms with E-state index in [-0.39, 0.29) is 11.9 Å². The molecule has 0 aliphatic carbocycles. The lowest BCUT2D eigenvalue weighted by atomic mass is 10.1.